The van der Waals surface area contributed by atoms with Gasteiger partial charge >= 0.3 is 0 Å². The summed E-state index contributed by atoms with van der Waals surface area (Å²) in [6, 6.07) is 0. The zero-order chi connectivity index (χ0) is 11.2. The van der Waals surface area contributed by atoms with E-state index >= 15 is 0 Å². The van der Waals surface area contributed by atoms with Crippen LogP contribution in [-0.2, 0) is 6.42 Å². The van der Waals surface area contributed by atoms with Crippen molar-refractivity contribution in [2.24, 2.45) is 5.41 Å². The number of hydrogen-bond donors (Lipinski definition) is 1. The minimum absolute atomic E-state index is 0.0743. The van der Waals surface area contributed by atoms with Crippen molar-refractivity contribution in [2.75, 3.05) is 0 Å². The zero-order valence-electron chi connectivity index (χ0n) is 9.85. The number of H-pyrrole nitrogens is 1. The van der Waals surface area contributed by atoms with E-state index in [1.54, 1.807) is 0 Å². The van der Waals surface area contributed by atoms with Crippen molar-refractivity contribution in [1.29, 1.82) is 0 Å². The largest absolute Gasteiger partial charge is 0.294 e. The van der Waals surface area contributed by atoms with Crippen LogP contribution in [0.25, 0.3) is 0 Å². The molecule has 0 amide bonds. The summed E-state index contributed by atoms with van der Waals surface area (Å²) >= 11 is 0. The Morgan fingerprint density at radius 2 is 2.00 bits per heavy atom. The lowest BCUT2D eigenvalue weighted by atomic mass is 9.75. The van der Waals surface area contributed by atoms with Gasteiger partial charge in [0.2, 0.25) is 0 Å². The topological polar surface area (TPSA) is 45.8 Å². The van der Waals surface area contributed by atoms with E-state index < -0.39 is 0 Å². The first kappa shape index (κ1) is 10.4. The molecule has 0 spiro atoms. The Bertz CT molecular complexity index is 402. The molecule has 1 aromatic heterocycles. The van der Waals surface area contributed by atoms with Crippen LogP contribution >= 0.6 is 0 Å². The second-order valence-electron chi connectivity index (χ2n) is 5.56. The van der Waals surface area contributed by atoms with Crippen LogP contribution in [-0.4, -0.2) is 16.0 Å². The molecule has 1 aromatic rings. The summed E-state index contributed by atoms with van der Waals surface area (Å²) in [5.41, 5.74) is 2.90. The van der Waals surface area contributed by atoms with Gasteiger partial charge in [-0.05, 0) is 17.8 Å². The molecule has 0 unspecified atom stereocenters. The quantitative estimate of drug-likeness (QED) is 0.767. The van der Waals surface area contributed by atoms with Crippen LogP contribution in [0.4, 0.5) is 0 Å². The number of ketones is 1. The summed E-state index contributed by atoms with van der Waals surface area (Å²) in [5, 5.41) is 7.29. The van der Waals surface area contributed by atoms with Gasteiger partial charge in [-0.3, -0.25) is 9.89 Å². The van der Waals surface area contributed by atoms with Crippen molar-refractivity contribution in [2.45, 2.75) is 46.5 Å². The highest BCUT2D eigenvalue weighted by molar-refractivity contribution is 5.99. The standard InChI is InChI=1S/C12H18N2O/c1-7(2)11-10-8(13-14-11)5-12(3,4)6-9(10)15/h7H,5-6H2,1-4H3,(H,13,14). The van der Waals surface area contributed by atoms with Crippen molar-refractivity contribution in [1.82, 2.24) is 10.2 Å². The third kappa shape index (κ3) is 1.71. The van der Waals surface area contributed by atoms with E-state index in [0.717, 1.165) is 23.4 Å². The van der Waals surface area contributed by atoms with Gasteiger partial charge in [0.15, 0.2) is 5.78 Å². The number of nitrogens with one attached hydrogen (secondary N) is 1. The van der Waals surface area contributed by atoms with E-state index in [2.05, 4.69) is 37.9 Å². The highest BCUT2D eigenvalue weighted by atomic mass is 16.1. The van der Waals surface area contributed by atoms with E-state index in [1.807, 2.05) is 0 Å². The number of carbonyl (C=O) groups is 1. The fourth-order valence-corrected chi connectivity index (χ4v) is 2.32. The van der Waals surface area contributed by atoms with Crippen LogP contribution in [0.3, 0.4) is 0 Å². The van der Waals surface area contributed by atoms with Crippen molar-refractivity contribution in [3.63, 3.8) is 0 Å². The first-order valence-corrected chi connectivity index (χ1v) is 5.51. The highest BCUT2D eigenvalue weighted by Crippen LogP contribution is 2.36. The fourth-order valence-electron chi connectivity index (χ4n) is 2.32. The zero-order valence-corrected chi connectivity index (χ0v) is 9.85. The smallest absolute Gasteiger partial charge is 0.167 e. The van der Waals surface area contributed by atoms with Gasteiger partial charge in [0, 0.05) is 12.1 Å². The molecule has 0 radical (unpaired) electrons. The van der Waals surface area contributed by atoms with E-state index in [9.17, 15) is 4.79 Å². The number of hydrogen-bond acceptors (Lipinski definition) is 2. The molecule has 2 rings (SSSR count). The molecule has 3 nitrogen and oxygen atoms in total. The summed E-state index contributed by atoms with van der Waals surface area (Å²) in [6.07, 6.45) is 1.56. The molecule has 1 aliphatic rings. The maximum atomic E-state index is 12.0. The van der Waals surface area contributed by atoms with Gasteiger partial charge in [-0.15, -0.1) is 0 Å². The summed E-state index contributed by atoms with van der Waals surface area (Å²) in [7, 11) is 0. The minimum atomic E-state index is 0.0743. The summed E-state index contributed by atoms with van der Waals surface area (Å²) in [4.78, 5) is 12.0. The molecule has 1 aliphatic carbocycles. The Kier molecular flexibility index (Phi) is 2.21. The van der Waals surface area contributed by atoms with E-state index in [0.29, 0.717) is 12.3 Å². The SMILES string of the molecule is CC(C)c1n[nH]c2c1C(=O)CC(C)(C)C2. The molecule has 82 valence electrons. The molecular formula is C12H18N2O. The first-order valence-electron chi connectivity index (χ1n) is 5.51. The van der Waals surface area contributed by atoms with Gasteiger partial charge in [-0.2, -0.15) is 5.10 Å². The second kappa shape index (κ2) is 3.19. The molecular weight excluding hydrogens is 188 g/mol. The van der Waals surface area contributed by atoms with Crippen LogP contribution in [0.15, 0.2) is 0 Å². The van der Waals surface area contributed by atoms with Crippen molar-refractivity contribution in [3.05, 3.63) is 17.0 Å². The first-order chi connectivity index (χ1) is 6.91. The predicted molar refractivity (Wildman–Crippen MR) is 59.1 cm³/mol. The van der Waals surface area contributed by atoms with Crippen LogP contribution in [0.5, 0.6) is 0 Å². The number of aromatic nitrogens is 2. The fraction of sp³-hybridized carbons (Fsp3) is 0.667. The molecule has 15 heavy (non-hydrogen) atoms. The summed E-state index contributed by atoms with van der Waals surface area (Å²) < 4.78 is 0. The number of Topliss-reactive ketones (excluding diaryl/α,β-unsaturated/α-hetero) is 1. The lowest BCUT2D eigenvalue weighted by Crippen LogP contribution is -2.27. The second-order valence-corrected chi connectivity index (χ2v) is 5.56. The number of nitrogens with zero attached hydrogens (tertiary/aromatic N) is 1. The average molecular weight is 206 g/mol. The number of fused-ring (bicyclic) bond motifs is 1. The normalized spacial score (nSPS) is 19.4. The van der Waals surface area contributed by atoms with Crippen LogP contribution in [0, 0.1) is 5.41 Å². The monoisotopic (exact) mass is 206 g/mol. The van der Waals surface area contributed by atoms with Crippen LogP contribution in [0.2, 0.25) is 0 Å². The van der Waals surface area contributed by atoms with Crippen molar-refractivity contribution in [3.8, 4) is 0 Å². The number of carbonyl (C=O) groups excluding carboxylic acids is 1. The molecule has 0 aromatic carbocycles. The predicted octanol–water partition coefficient (Wildman–Crippen LogP) is 2.69. The highest BCUT2D eigenvalue weighted by Gasteiger charge is 2.34. The molecule has 0 bridgehead atoms. The third-order valence-electron chi connectivity index (χ3n) is 2.99. The number of aromatic amines is 1. The molecule has 0 saturated carbocycles. The van der Waals surface area contributed by atoms with E-state index in [1.165, 1.54) is 0 Å². The van der Waals surface area contributed by atoms with Gasteiger partial charge in [-0.1, -0.05) is 27.7 Å². The van der Waals surface area contributed by atoms with Crippen molar-refractivity contribution >= 4 is 5.78 Å². The molecule has 1 heterocycles. The van der Waals surface area contributed by atoms with Gasteiger partial charge < -0.3 is 0 Å². The molecule has 0 atom stereocenters. The molecule has 0 saturated heterocycles. The van der Waals surface area contributed by atoms with E-state index in [-0.39, 0.29) is 11.2 Å². The average Bonchev–Trinajstić information content (AvgIpc) is 2.45. The van der Waals surface area contributed by atoms with Crippen LogP contribution < -0.4 is 0 Å². The van der Waals surface area contributed by atoms with E-state index in [4.69, 9.17) is 0 Å². The molecule has 0 aliphatic heterocycles. The lowest BCUT2D eigenvalue weighted by Gasteiger charge is -2.28. The molecule has 0 fully saturated rings. The van der Waals surface area contributed by atoms with Gasteiger partial charge in [0.1, 0.15) is 0 Å². The Hall–Kier alpha value is -1.12. The van der Waals surface area contributed by atoms with Crippen molar-refractivity contribution < 1.29 is 4.79 Å². The van der Waals surface area contributed by atoms with Gasteiger partial charge in [0.05, 0.1) is 11.3 Å². The van der Waals surface area contributed by atoms with Crippen LogP contribution in [0.1, 0.15) is 61.8 Å². The van der Waals surface area contributed by atoms with Gasteiger partial charge in [-0.25, -0.2) is 0 Å². The molecule has 3 heteroatoms. The Balaban J connectivity index is 2.48. The molecule has 1 N–H and O–H groups in total. The van der Waals surface area contributed by atoms with Gasteiger partial charge in [0.25, 0.3) is 0 Å². The summed E-state index contributed by atoms with van der Waals surface area (Å²) in [5.74, 6) is 0.564. The Morgan fingerprint density at radius 1 is 1.33 bits per heavy atom. The Morgan fingerprint density at radius 3 is 2.60 bits per heavy atom. The lowest BCUT2D eigenvalue weighted by molar-refractivity contribution is 0.0910. The summed E-state index contributed by atoms with van der Waals surface area (Å²) in [6.45, 7) is 8.40. The minimum Gasteiger partial charge on any atom is -0.294 e. The third-order valence-corrected chi connectivity index (χ3v) is 2.99. The number of rotatable bonds is 1. The maximum absolute atomic E-state index is 12.0. The Labute approximate surface area is 90.3 Å². The maximum Gasteiger partial charge on any atom is 0.167 e.